The van der Waals surface area contributed by atoms with Crippen LogP contribution in [0.25, 0.3) is 0 Å². The molecular formula is C5H12NNaO6S. The molecule has 0 heterocycles. The van der Waals surface area contributed by atoms with Crippen LogP contribution < -0.4 is 34.9 Å². The first kappa shape index (κ1) is 19.8. The number of aliphatic carboxylic acids is 1. The van der Waals surface area contributed by atoms with Crippen molar-refractivity contribution in [3.05, 3.63) is 0 Å². The molecule has 0 atom stereocenters. The molecule has 0 amide bonds. The summed E-state index contributed by atoms with van der Waals surface area (Å²) >= 11 is 0. The van der Waals surface area contributed by atoms with Crippen molar-refractivity contribution < 1.29 is 57.0 Å². The monoisotopic (exact) mass is 237 g/mol. The van der Waals surface area contributed by atoms with Gasteiger partial charge >= 0.3 is 35.5 Å². The minimum Gasteiger partial charge on any atom is -0.726 e. The zero-order valence-electron chi connectivity index (χ0n) is 8.06. The van der Waals surface area contributed by atoms with Gasteiger partial charge in [-0.3, -0.25) is 9.35 Å². The summed E-state index contributed by atoms with van der Waals surface area (Å²) in [5.41, 5.74) is 0. The predicted octanol–water partition coefficient (Wildman–Crippen LogP) is -3.92. The third kappa shape index (κ3) is 55.9. The van der Waals surface area contributed by atoms with E-state index >= 15 is 0 Å². The Morgan fingerprint density at radius 2 is 1.86 bits per heavy atom. The summed E-state index contributed by atoms with van der Waals surface area (Å²) in [5, 5.41) is 10.8. The molecular weight excluding hydrogens is 225 g/mol. The number of rotatable bonds is 4. The van der Waals surface area contributed by atoms with Crippen molar-refractivity contribution in [2.45, 2.75) is 13.3 Å². The molecule has 0 aromatic heterocycles. The summed E-state index contributed by atoms with van der Waals surface area (Å²) in [6, 6.07) is 0. The van der Waals surface area contributed by atoms with E-state index in [4.69, 9.17) is 22.6 Å². The Kier molecular flexibility index (Phi) is 16.1. The van der Waals surface area contributed by atoms with E-state index in [1.165, 1.54) is 0 Å². The smallest absolute Gasteiger partial charge is 0.726 e. The standard InChI is InChI=1S/C5H11NO2.Na.H2O4S/c1-2-3-6-4-5(7)8;;1-5(2,3)4/h6H,2-4H2,1H3,(H,7,8);;(H2,1,2,3,4)/q;+1;/p-1. The normalized spacial score (nSPS) is 9.36. The first-order chi connectivity index (χ1) is 5.77. The van der Waals surface area contributed by atoms with Crippen LogP contribution in [0.15, 0.2) is 0 Å². The van der Waals surface area contributed by atoms with Gasteiger partial charge in [-0.15, -0.1) is 0 Å². The number of hydrogen-bond acceptors (Lipinski definition) is 5. The molecule has 7 nitrogen and oxygen atoms in total. The molecule has 0 saturated heterocycles. The number of nitrogens with one attached hydrogen (secondary N) is 1. The molecule has 0 aromatic carbocycles. The fourth-order valence-corrected chi connectivity index (χ4v) is 0.372. The molecule has 0 saturated carbocycles. The van der Waals surface area contributed by atoms with Gasteiger partial charge in [0, 0.05) is 0 Å². The number of carboxylic acids is 1. The molecule has 0 aliphatic carbocycles. The summed E-state index contributed by atoms with van der Waals surface area (Å²) in [6.07, 6.45) is 0.979. The average Bonchev–Trinajstić information content (AvgIpc) is 1.83. The molecule has 3 N–H and O–H groups in total. The Bertz CT molecular complexity index is 220. The van der Waals surface area contributed by atoms with Crippen molar-refractivity contribution in [3.8, 4) is 0 Å². The van der Waals surface area contributed by atoms with Crippen LogP contribution in [0, 0.1) is 0 Å². The number of carboxylic acid groups (broad SMARTS) is 1. The molecule has 0 unspecified atom stereocenters. The van der Waals surface area contributed by atoms with Crippen LogP contribution in [0.4, 0.5) is 0 Å². The summed E-state index contributed by atoms with van der Waals surface area (Å²) in [5.74, 6) is -0.793. The molecule has 0 bridgehead atoms. The Hall–Kier alpha value is 0.300. The summed E-state index contributed by atoms with van der Waals surface area (Å²) < 4.78 is 32.8. The minimum atomic E-state index is -4.92. The third-order valence-corrected chi connectivity index (χ3v) is 0.703. The average molecular weight is 237 g/mol. The van der Waals surface area contributed by atoms with Crippen LogP contribution in [0.5, 0.6) is 0 Å². The Labute approximate surface area is 105 Å². The van der Waals surface area contributed by atoms with Crippen LogP contribution in [0.2, 0.25) is 0 Å². The maximum absolute atomic E-state index is 9.81. The van der Waals surface area contributed by atoms with Gasteiger partial charge < -0.3 is 15.0 Å². The summed E-state index contributed by atoms with van der Waals surface area (Å²) in [7, 11) is -4.92. The molecule has 0 aliphatic rings. The summed E-state index contributed by atoms with van der Waals surface area (Å²) in [4.78, 5) is 9.81. The van der Waals surface area contributed by atoms with E-state index in [-0.39, 0.29) is 36.1 Å². The van der Waals surface area contributed by atoms with Crippen LogP contribution in [-0.4, -0.2) is 41.7 Å². The van der Waals surface area contributed by atoms with Gasteiger partial charge in [-0.25, -0.2) is 8.42 Å². The fourth-order valence-electron chi connectivity index (χ4n) is 0.372. The van der Waals surface area contributed by atoms with Crippen LogP contribution in [0.1, 0.15) is 13.3 Å². The van der Waals surface area contributed by atoms with Gasteiger partial charge in [-0.1, -0.05) is 6.92 Å². The molecule has 80 valence electrons. The van der Waals surface area contributed by atoms with E-state index in [2.05, 4.69) is 5.32 Å². The SMILES string of the molecule is CCCNCC(=O)O.O=S(=O)([O-])O.[Na+]. The zero-order chi connectivity index (χ0) is 10.9. The summed E-state index contributed by atoms with van der Waals surface area (Å²) in [6.45, 7) is 2.86. The van der Waals surface area contributed by atoms with Gasteiger partial charge in [0.05, 0.1) is 6.54 Å². The van der Waals surface area contributed by atoms with Crippen molar-refractivity contribution in [3.63, 3.8) is 0 Å². The van der Waals surface area contributed by atoms with E-state index < -0.39 is 16.4 Å². The molecule has 9 heteroatoms. The Balaban J connectivity index is -0.000000177. The van der Waals surface area contributed by atoms with Crippen LogP contribution >= 0.6 is 0 Å². The van der Waals surface area contributed by atoms with Crippen molar-refractivity contribution in [2.75, 3.05) is 13.1 Å². The molecule has 0 spiro atoms. The predicted molar refractivity (Wildman–Crippen MR) is 43.1 cm³/mol. The van der Waals surface area contributed by atoms with Crippen molar-refractivity contribution >= 4 is 16.4 Å². The first-order valence-electron chi connectivity index (χ1n) is 3.38. The fraction of sp³-hybridized carbons (Fsp3) is 0.800. The second-order valence-corrected chi connectivity index (χ2v) is 2.85. The van der Waals surface area contributed by atoms with Gasteiger partial charge in [0.25, 0.3) is 0 Å². The number of carbonyl (C=O) groups is 1. The maximum Gasteiger partial charge on any atom is 1.00 e. The second kappa shape index (κ2) is 11.4. The van der Waals surface area contributed by atoms with Crippen molar-refractivity contribution in [2.24, 2.45) is 0 Å². The van der Waals surface area contributed by atoms with Gasteiger partial charge in [0.1, 0.15) is 0 Å². The first-order valence-corrected chi connectivity index (χ1v) is 4.74. The van der Waals surface area contributed by atoms with Gasteiger partial charge in [0.2, 0.25) is 10.4 Å². The molecule has 0 radical (unpaired) electrons. The van der Waals surface area contributed by atoms with Crippen LogP contribution in [-0.2, 0) is 15.2 Å². The van der Waals surface area contributed by atoms with Gasteiger partial charge in [-0.2, -0.15) is 0 Å². The van der Waals surface area contributed by atoms with E-state index in [0.717, 1.165) is 13.0 Å². The molecule has 0 aliphatic heterocycles. The third-order valence-electron chi connectivity index (χ3n) is 0.703. The van der Waals surface area contributed by atoms with Gasteiger partial charge in [-0.05, 0) is 13.0 Å². The van der Waals surface area contributed by atoms with Gasteiger partial charge in [0.15, 0.2) is 0 Å². The van der Waals surface area contributed by atoms with E-state index in [0.29, 0.717) is 0 Å². The van der Waals surface area contributed by atoms with Crippen molar-refractivity contribution in [1.82, 2.24) is 5.32 Å². The van der Waals surface area contributed by atoms with E-state index in [9.17, 15) is 4.79 Å². The van der Waals surface area contributed by atoms with Crippen molar-refractivity contribution in [1.29, 1.82) is 0 Å². The van der Waals surface area contributed by atoms with Crippen LogP contribution in [0.3, 0.4) is 0 Å². The Morgan fingerprint density at radius 1 is 1.50 bits per heavy atom. The topological polar surface area (TPSA) is 127 Å². The minimum absolute atomic E-state index is 0. The Morgan fingerprint density at radius 3 is 2.07 bits per heavy atom. The largest absolute Gasteiger partial charge is 1.00 e. The maximum atomic E-state index is 9.81. The molecule has 0 rings (SSSR count). The quantitative estimate of drug-likeness (QED) is 0.197. The zero-order valence-corrected chi connectivity index (χ0v) is 10.9. The molecule has 14 heavy (non-hydrogen) atoms. The van der Waals surface area contributed by atoms with E-state index in [1.54, 1.807) is 0 Å². The molecule has 0 aromatic rings. The van der Waals surface area contributed by atoms with E-state index in [1.807, 2.05) is 6.92 Å². The number of hydrogen-bond donors (Lipinski definition) is 3. The second-order valence-electron chi connectivity index (χ2n) is 2.00. The molecule has 0 fully saturated rings.